The lowest BCUT2D eigenvalue weighted by Gasteiger charge is -2.20. The Bertz CT molecular complexity index is 644. The number of hydrogen-bond donors (Lipinski definition) is 1. The van der Waals surface area contributed by atoms with Gasteiger partial charge < -0.3 is 20.1 Å². The summed E-state index contributed by atoms with van der Waals surface area (Å²) in [5.41, 5.74) is 6.64. The Hall–Kier alpha value is -2.53. The van der Waals surface area contributed by atoms with Crippen molar-refractivity contribution in [2.75, 3.05) is 26.7 Å². The summed E-state index contributed by atoms with van der Waals surface area (Å²) in [6.07, 6.45) is 0. The highest BCUT2D eigenvalue weighted by Crippen LogP contribution is 2.18. The van der Waals surface area contributed by atoms with E-state index < -0.39 is 0 Å². The number of hydrogen-bond acceptors (Lipinski definition) is 4. The molecule has 1 atom stereocenters. The lowest BCUT2D eigenvalue weighted by Crippen LogP contribution is -2.37. The first-order valence-electron chi connectivity index (χ1n) is 8.44. The summed E-state index contributed by atoms with van der Waals surface area (Å²) < 4.78 is 11.4. The first-order chi connectivity index (χ1) is 12.1. The zero-order valence-electron chi connectivity index (χ0n) is 14.9. The molecule has 0 heterocycles. The van der Waals surface area contributed by atoms with Crippen molar-refractivity contribution in [1.29, 1.82) is 0 Å². The maximum absolute atomic E-state index is 11.9. The Kier molecular flexibility index (Phi) is 7.29. The molecule has 0 radical (unpaired) electrons. The Morgan fingerprint density at radius 3 is 2.24 bits per heavy atom. The van der Waals surface area contributed by atoms with Crippen molar-refractivity contribution in [3.63, 3.8) is 0 Å². The summed E-state index contributed by atoms with van der Waals surface area (Å²) in [5.74, 6) is 1.42. The van der Waals surface area contributed by atoms with Gasteiger partial charge in [0.1, 0.15) is 24.7 Å². The molecule has 2 aromatic rings. The number of nitrogens with two attached hydrogens (primary N) is 1. The van der Waals surface area contributed by atoms with Gasteiger partial charge in [-0.3, -0.25) is 4.79 Å². The van der Waals surface area contributed by atoms with Gasteiger partial charge in [-0.1, -0.05) is 37.3 Å². The Balaban J connectivity index is 1.74. The summed E-state index contributed by atoms with van der Waals surface area (Å²) >= 11 is 0. The highest BCUT2D eigenvalue weighted by Gasteiger charge is 2.15. The van der Waals surface area contributed by atoms with Crippen LogP contribution in [0.1, 0.15) is 12.5 Å². The number of carbonyl (C=O) groups excluding carboxylic acids is 1. The monoisotopic (exact) mass is 342 g/mol. The largest absolute Gasteiger partial charge is 0.492 e. The molecule has 0 aromatic heterocycles. The van der Waals surface area contributed by atoms with E-state index in [9.17, 15) is 4.79 Å². The van der Waals surface area contributed by atoms with Crippen molar-refractivity contribution >= 4 is 5.91 Å². The minimum atomic E-state index is -0.161. The van der Waals surface area contributed by atoms with E-state index in [1.165, 1.54) is 0 Å². The quantitative estimate of drug-likeness (QED) is 0.761. The molecule has 0 fully saturated rings. The summed E-state index contributed by atoms with van der Waals surface area (Å²) in [7, 11) is 1.76. The number of nitrogens with zero attached hydrogens (tertiary/aromatic N) is 1. The maximum atomic E-state index is 11.9. The van der Waals surface area contributed by atoms with Crippen molar-refractivity contribution in [2.24, 2.45) is 11.7 Å². The van der Waals surface area contributed by atoms with Crippen LogP contribution < -0.4 is 15.2 Å². The summed E-state index contributed by atoms with van der Waals surface area (Å²) in [4.78, 5) is 13.6. The molecule has 5 heteroatoms. The van der Waals surface area contributed by atoms with Crippen LogP contribution >= 0.6 is 0 Å². The third-order valence-electron chi connectivity index (χ3n) is 3.92. The van der Waals surface area contributed by atoms with Gasteiger partial charge in [-0.05, 0) is 29.8 Å². The van der Waals surface area contributed by atoms with Gasteiger partial charge in [0.15, 0.2) is 0 Å². The van der Waals surface area contributed by atoms with Crippen molar-refractivity contribution < 1.29 is 14.3 Å². The number of likely N-dealkylation sites (N-methyl/N-ethyl adjacent to an activating group) is 1. The number of ether oxygens (including phenoxy) is 2. The lowest BCUT2D eigenvalue weighted by molar-refractivity contribution is -0.133. The topological polar surface area (TPSA) is 64.8 Å². The third kappa shape index (κ3) is 6.12. The van der Waals surface area contributed by atoms with Crippen LogP contribution in [0.15, 0.2) is 54.6 Å². The van der Waals surface area contributed by atoms with Crippen LogP contribution in [0.2, 0.25) is 0 Å². The molecule has 0 saturated heterocycles. The molecule has 0 saturated carbocycles. The smallest absolute Gasteiger partial charge is 0.226 e. The molecule has 25 heavy (non-hydrogen) atoms. The second-order valence-corrected chi connectivity index (χ2v) is 5.99. The standard InChI is InChI=1S/C20H26N2O3/c1-16(14-21)20(23)22(2)12-13-24-18-8-10-19(11-9-18)25-15-17-6-4-3-5-7-17/h3-11,16H,12-15,21H2,1-2H3. The van der Waals surface area contributed by atoms with E-state index in [2.05, 4.69) is 0 Å². The van der Waals surface area contributed by atoms with E-state index in [0.29, 0.717) is 26.3 Å². The van der Waals surface area contributed by atoms with Gasteiger partial charge in [-0.15, -0.1) is 0 Å². The first-order valence-corrected chi connectivity index (χ1v) is 8.44. The zero-order valence-corrected chi connectivity index (χ0v) is 14.9. The van der Waals surface area contributed by atoms with Crippen LogP contribution in [0.5, 0.6) is 11.5 Å². The molecule has 1 amide bonds. The number of benzene rings is 2. The van der Waals surface area contributed by atoms with Crippen LogP contribution in [0.3, 0.4) is 0 Å². The molecule has 0 aliphatic heterocycles. The zero-order chi connectivity index (χ0) is 18.1. The van der Waals surface area contributed by atoms with Crippen molar-refractivity contribution in [2.45, 2.75) is 13.5 Å². The SMILES string of the molecule is CC(CN)C(=O)N(C)CCOc1ccc(OCc2ccccc2)cc1. The normalized spacial score (nSPS) is 11.6. The van der Waals surface area contributed by atoms with Gasteiger partial charge in [-0.25, -0.2) is 0 Å². The van der Waals surface area contributed by atoms with Crippen molar-refractivity contribution in [1.82, 2.24) is 4.90 Å². The maximum Gasteiger partial charge on any atom is 0.226 e. The van der Waals surface area contributed by atoms with Gasteiger partial charge in [-0.2, -0.15) is 0 Å². The molecule has 0 aliphatic carbocycles. The Morgan fingerprint density at radius 2 is 1.64 bits per heavy atom. The average Bonchev–Trinajstić information content (AvgIpc) is 2.66. The number of carbonyl (C=O) groups is 1. The molecule has 2 rings (SSSR count). The fourth-order valence-electron chi connectivity index (χ4n) is 2.26. The molecule has 0 aliphatic rings. The van der Waals surface area contributed by atoms with E-state index >= 15 is 0 Å². The average molecular weight is 342 g/mol. The fraction of sp³-hybridized carbons (Fsp3) is 0.350. The van der Waals surface area contributed by atoms with Crippen molar-refractivity contribution in [3.8, 4) is 11.5 Å². The number of amides is 1. The fourth-order valence-corrected chi connectivity index (χ4v) is 2.26. The Morgan fingerprint density at radius 1 is 1.04 bits per heavy atom. The van der Waals surface area contributed by atoms with Crippen LogP contribution in [-0.4, -0.2) is 37.6 Å². The molecule has 5 nitrogen and oxygen atoms in total. The van der Waals surface area contributed by atoms with E-state index in [1.54, 1.807) is 11.9 Å². The molecule has 0 spiro atoms. The second-order valence-electron chi connectivity index (χ2n) is 5.99. The third-order valence-corrected chi connectivity index (χ3v) is 3.92. The summed E-state index contributed by atoms with van der Waals surface area (Å²) in [6.45, 7) is 3.68. The van der Waals surface area contributed by atoms with Gasteiger partial charge in [0.2, 0.25) is 5.91 Å². The minimum absolute atomic E-state index is 0.0377. The predicted molar refractivity (Wildman–Crippen MR) is 98.6 cm³/mol. The summed E-state index contributed by atoms with van der Waals surface area (Å²) in [6, 6.07) is 17.5. The molecular formula is C20H26N2O3. The molecule has 134 valence electrons. The summed E-state index contributed by atoms with van der Waals surface area (Å²) in [5, 5.41) is 0. The van der Waals surface area contributed by atoms with E-state index in [0.717, 1.165) is 17.1 Å². The van der Waals surface area contributed by atoms with Crippen LogP contribution in [0.4, 0.5) is 0 Å². The van der Waals surface area contributed by atoms with Gasteiger partial charge in [0.05, 0.1) is 6.54 Å². The van der Waals surface area contributed by atoms with Gasteiger partial charge in [0, 0.05) is 19.5 Å². The highest BCUT2D eigenvalue weighted by atomic mass is 16.5. The first kappa shape index (κ1) is 18.8. The lowest BCUT2D eigenvalue weighted by atomic mass is 10.1. The molecule has 2 N–H and O–H groups in total. The highest BCUT2D eigenvalue weighted by molar-refractivity contribution is 5.78. The molecule has 1 unspecified atom stereocenters. The van der Waals surface area contributed by atoms with E-state index in [4.69, 9.17) is 15.2 Å². The van der Waals surface area contributed by atoms with Crippen molar-refractivity contribution in [3.05, 3.63) is 60.2 Å². The molecule has 2 aromatic carbocycles. The van der Waals surface area contributed by atoms with Crippen LogP contribution in [-0.2, 0) is 11.4 Å². The second kappa shape index (κ2) is 9.69. The number of rotatable bonds is 9. The molecular weight excluding hydrogens is 316 g/mol. The van der Waals surface area contributed by atoms with E-state index in [-0.39, 0.29) is 11.8 Å². The Labute approximate surface area is 149 Å². The van der Waals surface area contributed by atoms with Gasteiger partial charge in [0.25, 0.3) is 0 Å². The molecule has 0 bridgehead atoms. The van der Waals surface area contributed by atoms with Crippen LogP contribution in [0.25, 0.3) is 0 Å². The van der Waals surface area contributed by atoms with E-state index in [1.807, 2.05) is 61.5 Å². The van der Waals surface area contributed by atoms with Crippen LogP contribution in [0, 0.1) is 5.92 Å². The predicted octanol–water partition coefficient (Wildman–Crippen LogP) is 2.70. The minimum Gasteiger partial charge on any atom is -0.492 e. The van der Waals surface area contributed by atoms with Gasteiger partial charge >= 0.3 is 0 Å².